The van der Waals surface area contributed by atoms with Crippen molar-refractivity contribution in [2.75, 3.05) is 0 Å². The number of primary amides is 2. The van der Waals surface area contributed by atoms with E-state index in [9.17, 15) is 9.59 Å². The second-order valence-corrected chi connectivity index (χ2v) is 1.46. The van der Waals surface area contributed by atoms with E-state index >= 15 is 0 Å². The maximum atomic E-state index is 10.0. The molecule has 0 bridgehead atoms. The number of hydrogen-bond donors (Lipinski definition) is 3. The van der Waals surface area contributed by atoms with Crippen LogP contribution in [-0.4, -0.2) is 18.2 Å². The third-order valence-corrected chi connectivity index (χ3v) is 0.559. The zero-order valence-corrected chi connectivity index (χ0v) is 5.20. The van der Waals surface area contributed by atoms with E-state index in [-0.39, 0.29) is 6.42 Å². The van der Waals surface area contributed by atoms with Crippen LogP contribution in [0.1, 0.15) is 6.42 Å². The molecule has 0 rings (SSSR count). The fraction of sp³-hybridized carbons (Fsp3) is 0.250. The zero-order valence-electron chi connectivity index (χ0n) is 5.20. The van der Waals surface area contributed by atoms with Crippen molar-refractivity contribution in [3.05, 3.63) is 0 Å². The Morgan fingerprint density at radius 3 is 2.50 bits per heavy atom. The van der Waals surface area contributed by atoms with E-state index in [1.807, 2.05) is 5.43 Å². The Labute approximate surface area is 57.3 Å². The number of nitrogens with one attached hydrogen (secondary N) is 1. The highest BCUT2D eigenvalue weighted by Gasteiger charge is 1.87. The Morgan fingerprint density at radius 1 is 1.50 bits per heavy atom. The number of hydrogen-bond acceptors (Lipinski definition) is 3. The third-order valence-electron chi connectivity index (χ3n) is 0.559. The van der Waals surface area contributed by atoms with Crippen LogP contribution in [0.3, 0.4) is 0 Å². The lowest BCUT2D eigenvalue weighted by molar-refractivity contribution is -0.116. The summed E-state index contributed by atoms with van der Waals surface area (Å²) in [6.45, 7) is 0. The maximum Gasteiger partial charge on any atom is 0.332 e. The van der Waals surface area contributed by atoms with E-state index in [2.05, 4.69) is 10.8 Å². The zero-order chi connectivity index (χ0) is 7.98. The standard InChI is InChI=1S/C4H8N4O2/c5-3(9)1-2-7-8-4(6)10/h2H,1H2,(H2,5,9)(H3,6,8,10)/b7-2+. The smallest absolute Gasteiger partial charge is 0.332 e. The van der Waals surface area contributed by atoms with Crippen molar-refractivity contribution in [3.8, 4) is 0 Å². The number of nitrogens with two attached hydrogens (primary N) is 2. The summed E-state index contributed by atoms with van der Waals surface area (Å²) in [6.07, 6.45) is 1.15. The Morgan fingerprint density at radius 2 is 2.10 bits per heavy atom. The average molecular weight is 144 g/mol. The molecule has 0 fully saturated rings. The van der Waals surface area contributed by atoms with Crippen molar-refractivity contribution < 1.29 is 9.59 Å². The van der Waals surface area contributed by atoms with Gasteiger partial charge < -0.3 is 11.5 Å². The molecule has 0 atom stereocenters. The Hall–Kier alpha value is -1.59. The molecule has 0 heterocycles. The van der Waals surface area contributed by atoms with E-state index in [0.29, 0.717) is 0 Å². The molecule has 0 aliphatic carbocycles. The molecular weight excluding hydrogens is 136 g/mol. The van der Waals surface area contributed by atoms with Gasteiger partial charge in [0.15, 0.2) is 0 Å². The Bertz CT molecular complexity index is 147. The Kier molecular flexibility index (Phi) is 3.62. The molecule has 6 heteroatoms. The fourth-order valence-corrected chi connectivity index (χ4v) is 0.245. The van der Waals surface area contributed by atoms with Gasteiger partial charge in [0.25, 0.3) is 0 Å². The number of nitrogens with zero attached hydrogens (tertiary/aromatic N) is 1. The second kappa shape index (κ2) is 4.30. The summed E-state index contributed by atoms with van der Waals surface area (Å²) in [5.74, 6) is -0.518. The molecule has 0 unspecified atom stereocenters. The molecule has 5 N–H and O–H groups in total. The number of urea groups is 1. The van der Waals surface area contributed by atoms with Crippen molar-refractivity contribution >= 4 is 18.2 Å². The first-order valence-electron chi connectivity index (χ1n) is 2.48. The van der Waals surface area contributed by atoms with Crippen LogP contribution in [0.2, 0.25) is 0 Å². The molecule has 0 aliphatic heterocycles. The van der Waals surface area contributed by atoms with Gasteiger partial charge in [0, 0.05) is 6.21 Å². The minimum atomic E-state index is -0.777. The van der Waals surface area contributed by atoms with Crippen LogP contribution in [0.25, 0.3) is 0 Å². The van der Waals surface area contributed by atoms with E-state index in [1.54, 1.807) is 0 Å². The number of carbonyl (C=O) groups excluding carboxylic acids is 2. The van der Waals surface area contributed by atoms with Crippen molar-refractivity contribution in [1.82, 2.24) is 5.43 Å². The number of carbonyl (C=O) groups is 2. The van der Waals surface area contributed by atoms with E-state index in [1.165, 1.54) is 0 Å². The molecule has 56 valence electrons. The number of rotatable bonds is 3. The molecule has 0 saturated carbocycles. The van der Waals surface area contributed by atoms with Gasteiger partial charge in [-0.25, -0.2) is 10.2 Å². The fourth-order valence-electron chi connectivity index (χ4n) is 0.245. The Balaban J connectivity index is 3.38. The lowest BCUT2D eigenvalue weighted by Gasteiger charge is -1.88. The SMILES string of the molecule is NC(=O)C/C=N/NC(N)=O. The topological polar surface area (TPSA) is 111 Å². The molecule has 0 aromatic rings. The van der Waals surface area contributed by atoms with Crippen molar-refractivity contribution in [2.24, 2.45) is 16.6 Å². The summed E-state index contributed by atoms with van der Waals surface area (Å²) in [5.41, 5.74) is 11.3. The predicted octanol–water partition coefficient (Wildman–Crippen LogP) is -1.48. The molecule has 3 amide bonds. The molecular formula is C4H8N4O2. The first-order chi connectivity index (χ1) is 4.63. The molecule has 6 nitrogen and oxygen atoms in total. The van der Waals surface area contributed by atoms with E-state index in [4.69, 9.17) is 5.73 Å². The molecule has 0 spiro atoms. The van der Waals surface area contributed by atoms with Gasteiger partial charge in [0.2, 0.25) is 5.91 Å². The molecule has 0 aromatic carbocycles. The van der Waals surface area contributed by atoms with Crippen LogP contribution in [-0.2, 0) is 4.79 Å². The summed E-state index contributed by atoms with van der Waals surface area (Å²) in [5, 5.41) is 3.26. The highest BCUT2D eigenvalue weighted by molar-refractivity contribution is 5.88. The minimum absolute atomic E-state index is 0.0136. The highest BCUT2D eigenvalue weighted by Crippen LogP contribution is 1.67. The molecule has 0 aromatic heterocycles. The number of hydrazone groups is 1. The van der Waals surface area contributed by atoms with Crippen LogP contribution in [0.4, 0.5) is 4.79 Å². The minimum Gasteiger partial charge on any atom is -0.369 e. The second-order valence-electron chi connectivity index (χ2n) is 1.46. The van der Waals surface area contributed by atoms with E-state index in [0.717, 1.165) is 6.21 Å². The summed E-state index contributed by atoms with van der Waals surface area (Å²) >= 11 is 0. The van der Waals surface area contributed by atoms with Gasteiger partial charge in [-0.05, 0) is 0 Å². The average Bonchev–Trinajstić information content (AvgIpc) is 1.79. The first kappa shape index (κ1) is 8.41. The van der Waals surface area contributed by atoms with Crippen LogP contribution in [0, 0.1) is 0 Å². The largest absolute Gasteiger partial charge is 0.369 e. The monoisotopic (exact) mass is 144 g/mol. The van der Waals surface area contributed by atoms with Crippen molar-refractivity contribution in [3.63, 3.8) is 0 Å². The van der Waals surface area contributed by atoms with Gasteiger partial charge in [-0.15, -0.1) is 0 Å². The van der Waals surface area contributed by atoms with Crippen LogP contribution < -0.4 is 16.9 Å². The predicted molar refractivity (Wildman–Crippen MR) is 35.0 cm³/mol. The van der Waals surface area contributed by atoms with Gasteiger partial charge in [0.1, 0.15) is 0 Å². The number of amides is 3. The molecule has 0 aliphatic rings. The van der Waals surface area contributed by atoms with Gasteiger partial charge in [0.05, 0.1) is 6.42 Å². The quantitative estimate of drug-likeness (QED) is 0.331. The molecule has 0 saturated heterocycles. The van der Waals surface area contributed by atoms with Gasteiger partial charge in [-0.1, -0.05) is 0 Å². The maximum absolute atomic E-state index is 10.0. The third kappa shape index (κ3) is 6.41. The summed E-state index contributed by atoms with van der Waals surface area (Å²) in [4.78, 5) is 20.0. The summed E-state index contributed by atoms with van der Waals surface area (Å²) in [7, 11) is 0. The van der Waals surface area contributed by atoms with Gasteiger partial charge in [-0.2, -0.15) is 5.10 Å². The van der Waals surface area contributed by atoms with Gasteiger partial charge >= 0.3 is 6.03 Å². The van der Waals surface area contributed by atoms with Crippen LogP contribution in [0.15, 0.2) is 5.10 Å². The summed E-state index contributed by atoms with van der Waals surface area (Å²) < 4.78 is 0. The highest BCUT2D eigenvalue weighted by atomic mass is 16.2. The lowest BCUT2D eigenvalue weighted by Crippen LogP contribution is -2.24. The van der Waals surface area contributed by atoms with Crippen molar-refractivity contribution in [1.29, 1.82) is 0 Å². The van der Waals surface area contributed by atoms with E-state index < -0.39 is 11.9 Å². The molecule has 10 heavy (non-hydrogen) atoms. The first-order valence-corrected chi connectivity index (χ1v) is 2.48. The van der Waals surface area contributed by atoms with Gasteiger partial charge in [-0.3, -0.25) is 4.79 Å². The normalized spacial score (nSPS) is 9.60. The summed E-state index contributed by atoms with van der Waals surface area (Å²) in [6, 6.07) is -0.777. The van der Waals surface area contributed by atoms with Crippen molar-refractivity contribution in [2.45, 2.75) is 6.42 Å². The lowest BCUT2D eigenvalue weighted by atomic mass is 10.5. The van der Waals surface area contributed by atoms with Crippen LogP contribution >= 0.6 is 0 Å². The molecule has 0 radical (unpaired) electrons. The van der Waals surface area contributed by atoms with Crippen LogP contribution in [0.5, 0.6) is 0 Å².